The molecule has 5 heteroatoms. The van der Waals surface area contributed by atoms with E-state index in [0.29, 0.717) is 6.42 Å². The highest BCUT2D eigenvalue weighted by Crippen LogP contribution is 2.21. The van der Waals surface area contributed by atoms with Crippen LogP contribution in [-0.4, -0.2) is 6.04 Å². The van der Waals surface area contributed by atoms with Crippen molar-refractivity contribution in [3.8, 4) is 0 Å². The van der Waals surface area contributed by atoms with E-state index >= 15 is 0 Å². The Balaban J connectivity index is 1.97. The average Bonchev–Trinajstić information content (AvgIpc) is 2.45. The van der Waals surface area contributed by atoms with Crippen LogP contribution in [0.1, 0.15) is 18.1 Å². The van der Waals surface area contributed by atoms with Crippen molar-refractivity contribution >= 4 is 15.9 Å². The second-order valence-electron chi connectivity index (χ2n) is 4.93. The van der Waals surface area contributed by atoms with E-state index in [4.69, 9.17) is 0 Å². The number of hydrogen-bond donors (Lipinski definition) is 1. The molecule has 0 aliphatic carbocycles. The highest BCUT2D eigenvalue weighted by atomic mass is 79.9. The molecule has 1 unspecified atom stereocenters. The Hall–Kier alpha value is -1.33. The summed E-state index contributed by atoms with van der Waals surface area (Å²) in [6.45, 7) is 2.01. The van der Waals surface area contributed by atoms with Gasteiger partial charge in [0.1, 0.15) is 17.5 Å². The number of nitrogens with one attached hydrogen (secondary N) is 1. The molecule has 0 fully saturated rings. The van der Waals surface area contributed by atoms with Crippen LogP contribution in [0.2, 0.25) is 0 Å². The van der Waals surface area contributed by atoms with E-state index in [1.807, 2.05) is 6.92 Å². The van der Waals surface area contributed by atoms with Gasteiger partial charge in [-0.1, -0.05) is 12.1 Å². The number of benzene rings is 2. The van der Waals surface area contributed by atoms with Gasteiger partial charge in [-0.2, -0.15) is 0 Å². The zero-order valence-electron chi connectivity index (χ0n) is 11.5. The van der Waals surface area contributed by atoms with Gasteiger partial charge in [0.05, 0.1) is 4.47 Å². The van der Waals surface area contributed by atoms with Gasteiger partial charge < -0.3 is 5.32 Å². The zero-order chi connectivity index (χ0) is 15.4. The van der Waals surface area contributed by atoms with Gasteiger partial charge in [0.25, 0.3) is 0 Å². The Labute approximate surface area is 130 Å². The highest BCUT2D eigenvalue weighted by Gasteiger charge is 2.13. The fourth-order valence-corrected chi connectivity index (χ4v) is 2.43. The van der Waals surface area contributed by atoms with Gasteiger partial charge in [0, 0.05) is 18.2 Å². The van der Waals surface area contributed by atoms with Crippen LogP contribution in [-0.2, 0) is 13.0 Å². The van der Waals surface area contributed by atoms with Gasteiger partial charge in [0.15, 0.2) is 0 Å². The summed E-state index contributed by atoms with van der Waals surface area (Å²) in [6.07, 6.45) is 0.650. The van der Waals surface area contributed by atoms with Gasteiger partial charge in [-0.15, -0.1) is 0 Å². The van der Waals surface area contributed by atoms with E-state index in [2.05, 4.69) is 21.2 Å². The SMILES string of the molecule is CC(Cc1ccc(F)cc1)NCc1c(F)ccc(Br)c1F. The quantitative estimate of drug-likeness (QED) is 0.771. The molecule has 0 bridgehead atoms. The van der Waals surface area contributed by atoms with Gasteiger partial charge in [-0.3, -0.25) is 0 Å². The topological polar surface area (TPSA) is 12.0 Å². The van der Waals surface area contributed by atoms with Crippen LogP contribution in [0.15, 0.2) is 40.9 Å². The van der Waals surface area contributed by atoms with Crippen molar-refractivity contribution in [2.45, 2.75) is 25.9 Å². The molecule has 2 aromatic carbocycles. The van der Waals surface area contributed by atoms with E-state index in [9.17, 15) is 13.2 Å². The lowest BCUT2D eigenvalue weighted by Crippen LogP contribution is -2.28. The molecular weight excluding hydrogens is 343 g/mol. The van der Waals surface area contributed by atoms with Crippen LogP contribution in [0, 0.1) is 17.5 Å². The Morgan fingerprint density at radius 3 is 2.38 bits per heavy atom. The first-order valence-corrected chi connectivity index (χ1v) is 7.37. The average molecular weight is 358 g/mol. The maximum atomic E-state index is 13.8. The first kappa shape index (κ1) is 16.0. The van der Waals surface area contributed by atoms with E-state index in [-0.39, 0.29) is 28.4 Å². The molecule has 1 N–H and O–H groups in total. The Bertz CT molecular complexity index is 614. The molecule has 0 saturated carbocycles. The molecule has 0 amide bonds. The third kappa shape index (κ3) is 4.32. The Kier molecular flexibility index (Phi) is 5.42. The summed E-state index contributed by atoms with van der Waals surface area (Å²) >= 11 is 3.04. The lowest BCUT2D eigenvalue weighted by Gasteiger charge is -2.15. The number of hydrogen-bond acceptors (Lipinski definition) is 1. The molecule has 1 nitrogen and oxygen atoms in total. The zero-order valence-corrected chi connectivity index (χ0v) is 13.1. The summed E-state index contributed by atoms with van der Waals surface area (Å²) in [4.78, 5) is 0. The van der Waals surface area contributed by atoms with Crippen LogP contribution in [0.4, 0.5) is 13.2 Å². The Morgan fingerprint density at radius 1 is 1.05 bits per heavy atom. The highest BCUT2D eigenvalue weighted by molar-refractivity contribution is 9.10. The number of rotatable bonds is 5. The minimum absolute atomic E-state index is 0.00763. The van der Waals surface area contributed by atoms with E-state index < -0.39 is 11.6 Å². The van der Waals surface area contributed by atoms with Gasteiger partial charge in [0.2, 0.25) is 0 Å². The summed E-state index contributed by atoms with van der Waals surface area (Å²) in [5, 5.41) is 3.08. The minimum atomic E-state index is -0.587. The lowest BCUT2D eigenvalue weighted by molar-refractivity contribution is 0.496. The second-order valence-corrected chi connectivity index (χ2v) is 5.79. The third-order valence-corrected chi connectivity index (χ3v) is 3.83. The molecule has 0 radical (unpaired) electrons. The summed E-state index contributed by atoms with van der Waals surface area (Å²) < 4.78 is 40.5. The van der Waals surface area contributed by atoms with Gasteiger partial charge in [-0.05, 0) is 59.1 Å². The predicted octanol–water partition coefficient (Wildman–Crippen LogP) is 4.59. The molecule has 0 aromatic heterocycles. The van der Waals surface area contributed by atoms with Crippen LogP contribution in [0.3, 0.4) is 0 Å². The van der Waals surface area contributed by atoms with E-state index in [1.54, 1.807) is 12.1 Å². The fourth-order valence-electron chi connectivity index (χ4n) is 2.05. The van der Waals surface area contributed by atoms with Crippen molar-refractivity contribution in [2.75, 3.05) is 0 Å². The molecule has 1 atom stereocenters. The van der Waals surface area contributed by atoms with Crippen LogP contribution >= 0.6 is 15.9 Å². The van der Waals surface area contributed by atoms with E-state index in [0.717, 1.165) is 5.56 Å². The summed E-state index contributed by atoms with van der Waals surface area (Å²) in [6, 6.07) is 8.78. The molecule has 2 rings (SSSR count). The molecule has 0 aliphatic heterocycles. The van der Waals surface area contributed by atoms with Crippen LogP contribution in [0.5, 0.6) is 0 Å². The molecule has 0 aliphatic rings. The Morgan fingerprint density at radius 2 is 1.71 bits per heavy atom. The van der Waals surface area contributed by atoms with Gasteiger partial charge >= 0.3 is 0 Å². The van der Waals surface area contributed by atoms with Crippen molar-refractivity contribution in [1.29, 1.82) is 0 Å². The standard InChI is InChI=1S/C16H15BrF3N/c1-10(8-11-2-4-12(18)5-3-11)21-9-13-15(19)7-6-14(17)16(13)20/h2-7,10,21H,8-9H2,1H3. The van der Waals surface area contributed by atoms with Crippen LogP contribution in [0.25, 0.3) is 0 Å². The molecular formula is C16H15BrF3N. The molecule has 0 spiro atoms. The third-order valence-electron chi connectivity index (χ3n) is 3.22. The monoisotopic (exact) mass is 357 g/mol. The second kappa shape index (κ2) is 7.09. The molecule has 0 heterocycles. The maximum absolute atomic E-state index is 13.8. The van der Waals surface area contributed by atoms with Crippen molar-refractivity contribution in [3.63, 3.8) is 0 Å². The first-order valence-electron chi connectivity index (χ1n) is 6.57. The predicted molar refractivity (Wildman–Crippen MR) is 80.5 cm³/mol. The van der Waals surface area contributed by atoms with Crippen molar-refractivity contribution in [3.05, 3.63) is 69.4 Å². The largest absolute Gasteiger partial charge is 0.310 e. The summed E-state index contributed by atoms with van der Waals surface area (Å²) in [5.41, 5.74) is 0.974. The molecule has 0 saturated heterocycles. The lowest BCUT2D eigenvalue weighted by atomic mass is 10.1. The summed E-state index contributed by atoms with van der Waals surface area (Å²) in [5.74, 6) is -1.44. The number of halogens is 4. The van der Waals surface area contributed by atoms with E-state index in [1.165, 1.54) is 24.3 Å². The maximum Gasteiger partial charge on any atom is 0.144 e. The molecule has 2 aromatic rings. The normalized spacial score (nSPS) is 12.4. The summed E-state index contributed by atoms with van der Waals surface area (Å²) in [7, 11) is 0. The van der Waals surface area contributed by atoms with Crippen molar-refractivity contribution in [1.82, 2.24) is 5.32 Å². The smallest absolute Gasteiger partial charge is 0.144 e. The molecule has 21 heavy (non-hydrogen) atoms. The fraction of sp³-hybridized carbons (Fsp3) is 0.250. The van der Waals surface area contributed by atoms with Crippen molar-refractivity contribution < 1.29 is 13.2 Å². The van der Waals surface area contributed by atoms with Crippen LogP contribution < -0.4 is 5.32 Å². The first-order chi connectivity index (χ1) is 9.97. The van der Waals surface area contributed by atoms with Gasteiger partial charge in [-0.25, -0.2) is 13.2 Å². The minimum Gasteiger partial charge on any atom is -0.310 e. The molecule has 112 valence electrons. The van der Waals surface area contributed by atoms with Crippen molar-refractivity contribution in [2.24, 2.45) is 0 Å².